The van der Waals surface area contributed by atoms with E-state index < -0.39 is 5.25 Å². The van der Waals surface area contributed by atoms with E-state index in [1.54, 1.807) is 25.3 Å². The lowest BCUT2D eigenvalue weighted by molar-refractivity contribution is -0.121. The largest absolute Gasteiger partial charge is 0.497 e. The molecule has 1 aromatic rings. The first-order valence-electron chi connectivity index (χ1n) is 8.16. The summed E-state index contributed by atoms with van der Waals surface area (Å²) in [5, 5.41) is 3.09. The van der Waals surface area contributed by atoms with Crippen molar-refractivity contribution in [2.75, 3.05) is 32.6 Å². The molecule has 2 aliphatic rings. The van der Waals surface area contributed by atoms with Crippen LogP contribution in [0.25, 0.3) is 0 Å². The fourth-order valence-electron chi connectivity index (χ4n) is 2.82. The van der Waals surface area contributed by atoms with Gasteiger partial charge in [0.2, 0.25) is 5.91 Å². The molecule has 1 N–H and O–H groups in total. The summed E-state index contributed by atoms with van der Waals surface area (Å²) in [4.78, 5) is 30.6. The lowest BCUT2D eigenvalue weighted by Crippen LogP contribution is -2.25. The number of amides is 2. The van der Waals surface area contributed by atoms with Gasteiger partial charge in [-0.05, 0) is 25.0 Å². The molecule has 7 nitrogen and oxygen atoms in total. The normalized spacial score (nSPS) is 19.8. The zero-order chi connectivity index (χ0) is 17.8. The summed E-state index contributed by atoms with van der Waals surface area (Å²) in [6.45, 7) is 1.86. The van der Waals surface area contributed by atoms with Crippen LogP contribution < -0.4 is 14.8 Å². The minimum Gasteiger partial charge on any atom is -0.497 e. The van der Waals surface area contributed by atoms with E-state index in [0.29, 0.717) is 17.2 Å². The van der Waals surface area contributed by atoms with Crippen molar-refractivity contribution in [3.63, 3.8) is 0 Å². The maximum Gasteiger partial charge on any atom is 0.262 e. The summed E-state index contributed by atoms with van der Waals surface area (Å²) in [6, 6.07) is 5.15. The van der Waals surface area contributed by atoms with Crippen LogP contribution in [-0.4, -0.2) is 54.4 Å². The Balaban J connectivity index is 1.59. The molecule has 2 amide bonds. The average molecular weight is 363 g/mol. The van der Waals surface area contributed by atoms with Gasteiger partial charge in [-0.2, -0.15) is 4.99 Å². The van der Waals surface area contributed by atoms with Crippen molar-refractivity contribution in [3.05, 3.63) is 18.2 Å². The number of methoxy groups -OCH3 is 2. The average Bonchev–Trinajstić information content (AvgIpc) is 3.25. The predicted molar refractivity (Wildman–Crippen MR) is 97.4 cm³/mol. The number of nitrogens with one attached hydrogen (secondary N) is 1. The van der Waals surface area contributed by atoms with E-state index in [1.165, 1.54) is 18.9 Å². The van der Waals surface area contributed by atoms with Crippen LogP contribution in [0.15, 0.2) is 23.2 Å². The van der Waals surface area contributed by atoms with E-state index in [9.17, 15) is 9.59 Å². The van der Waals surface area contributed by atoms with Gasteiger partial charge in [0.25, 0.3) is 5.91 Å². The molecule has 2 heterocycles. The number of thioether (sulfide) groups is 1. The highest BCUT2D eigenvalue weighted by atomic mass is 32.2. The summed E-state index contributed by atoms with van der Waals surface area (Å²) in [6.07, 6.45) is 2.33. The minimum absolute atomic E-state index is 0.0829. The number of carbonyl (C=O) groups excluding carboxylic acids is 2. The van der Waals surface area contributed by atoms with Gasteiger partial charge in [-0.3, -0.25) is 9.59 Å². The summed E-state index contributed by atoms with van der Waals surface area (Å²) in [5.74, 6) is 0.670. The van der Waals surface area contributed by atoms with Crippen molar-refractivity contribution in [2.24, 2.45) is 4.99 Å². The SMILES string of the molecule is COc1ccc(NC(=O)C[C@@H]2SC(N3CCCC3)=NC2=O)c(OC)c1. The molecule has 0 bridgehead atoms. The van der Waals surface area contributed by atoms with E-state index in [-0.39, 0.29) is 18.2 Å². The maximum atomic E-state index is 12.3. The van der Waals surface area contributed by atoms with E-state index >= 15 is 0 Å². The second-order valence-corrected chi connectivity index (χ2v) is 7.02. The first-order valence-corrected chi connectivity index (χ1v) is 9.04. The lowest BCUT2D eigenvalue weighted by atomic mass is 10.2. The molecule has 2 aliphatic heterocycles. The highest BCUT2D eigenvalue weighted by Gasteiger charge is 2.33. The zero-order valence-electron chi connectivity index (χ0n) is 14.3. The third kappa shape index (κ3) is 4.07. The number of anilines is 1. The molecule has 0 saturated carbocycles. The van der Waals surface area contributed by atoms with E-state index in [2.05, 4.69) is 15.2 Å². The molecule has 0 aromatic heterocycles. The van der Waals surface area contributed by atoms with Gasteiger partial charge in [0.15, 0.2) is 5.17 Å². The lowest BCUT2D eigenvalue weighted by Gasteiger charge is -2.16. The fraction of sp³-hybridized carbons (Fsp3) is 0.471. The molecule has 0 radical (unpaired) electrons. The minimum atomic E-state index is -0.458. The third-order valence-corrected chi connectivity index (χ3v) is 5.37. The Bertz CT molecular complexity index is 701. The molecule has 1 aromatic carbocycles. The van der Waals surface area contributed by atoms with Crippen LogP contribution in [0.5, 0.6) is 11.5 Å². The quantitative estimate of drug-likeness (QED) is 0.863. The molecule has 134 valence electrons. The van der Waals surface area contributed by atoms with E-state index in [1.807, 2.05) is 0 Å². The Hall–Kier alpha value is -2.22. The van der Waals surface area contributed by atoms with Gasteiger partial charge in [-0.25, -0.2) is 0 Å². The van der Waals surface area contributed by atoms with Crippen molar-refractivity contribution < 1.29 is 19.1 Å². The molecule has 0 spiro atoms. The number of hydrogen-bond donors (Lipinski definition) is 1. The van der Waals surface area contributed by atoms with Gasteiger partial charge in [0.05, 0.1) is 19.9 Å². The Kier molecular flexibility index (Phi) is 5.47. The molecule has 1 atom stereocenters. The molecule has 3 rings (SSSR count). The fourth-order valence-corrected chi connectivity index (χ4v) is 3.94. The molecule has 1 fully saturated rings. The number of aliphatic imine (C=N–C) groups is 1. The van der Waals surface area contributed by atoms with Crippen LogP contribution in [0.4, 0.5) is 5.69 Å². The Morgan fingerprint density at radius 1 is 1.32 bits per heavy atom. The van der Waals surface area contributed by atoms with Crippen LogP contribution in [0, 0.1) is 0 Å². The van der Waals surface area contributed by atoms with Crippen molar-refractivity contribution in [3.8, 4) is 11.5 Å². The van der Waals surface area contributed by atoms with Crippen LogP contribution in [0.3, 0.4) is 0 Å². The summed E-state index contributed by atoms with van der Waals surface area (Å²) in [7, 11) is 3.09. The molecule has 0 aliphatic carbocycles. The van der Waals surface area contributed by atoms with Gasteiger partial charge in [0.1, 0.15) is 16.7 Å². The Labute approximate surface area is 150 Å². The van der Waals surface area contributed by atoms with Crippen molar-refractivity contribution in [1.29, 1.82) is 0 Å². The first-order chi connectivity index (χ1) is 12.1. The van der Waals surface area contributed by atoms with Gasteiger partial charge < -0.3 is 19.7 Å². The number of carbonyl (C=O) groups is 2. The van der Waals surface area contributed by atoms with E-state index in [0.717, 1.165) is 31.1 Å². The van der Waals surface area contributed by atoms with Gasteiger partial charge in [-0.1, -0.05) is 11.8 Å². The summed E-state index contributed by atoms with van der Waals surface area (Å²) in [5.41, 5.74) is 0.546. The molecular formula is C17H21N3O4S. The molecule has 0 unspecified atom stereocenters. The standard InChI is InChI=1S/C17H21N3O4S/c1-23-11-5-6-12(13(9-11)24-2)18-15(21)10-14-16(22)19-17(25-14)20-7-3-4-8-20/h5-6,9,14H,3-4,7-8,10H2,1-2H3,(H,18,21)/t14-/m0/s1. The van der Waals surface area contributed by atoms with Gasteiger partial charge in [-0.15, -0.1) is 0 Å². The second kappa shape index (κ2) is 7.77. The number of likely N-dealkylation sites (tertiary alicyclic amines) is 1. The molecule has 1 saturated heterocycles. The van der Waals surface area contributed by atoms with Gasteiger partial charge >= 0.3 is 0 Å². The topological polar surface area (TPSA) is 80.2 Å². The smallest absolute Gasteiger partial charge is 0.262 e. The Morgan fingerprint density at radius 2 is 2.08 bits per heavy atom. The molecule has 8 heteroatoms. The van der Waals surface area contributed by atoms with Crippen molar-refractivity contribution >= 4 is 34.4 Å². The van der Waals surface area contributed by atoms with Crippen LogP contribution in [0.1, 0.15) is 19.3 Å². The number of rotatable bonds is 5. The third-order valence-electron chi connectivity index (χ3n) is 4.16. The summed E-state index contributed by atoms with van der Waals surface area (Å²) >= 11 is 1.39. The van der Waals surface area contributed by atoms with Crippen LogP contribution in [0.2, 0.25) is 0 Å². The second-order valence-electron chi connectivity index (χ2n) is 5.85. The van der Waals surface area contributed by atoms with Crippen LogP contribution in [-0.2, 0) is 9.59 Å². The predicted octanol–water partition coefficient (Wildman–Crippen LogP) is 2.13. The number of hydrogen-bond acceptors (Lipinski definition) is 6. The highest BCUT2D eigenvalue weighted by molar-refractivity contribution is 8.15. The highest BCUT2D eigenvalue weighted by Crippen LogP contribution is 2.31. The summed E-state index contributed by atoms with van der Waals surface area (Å²) < 4.78 is 10.4. The first kappa shape index (κ1) is 17.6. The van der Waals surface area contributed by atoms with Gasteiger partial charge in [0, 0.05) is 25.6 Å². The van der Waals surface area contributed by atoms with Crippen molar-refractivity contribution in [2.45, 2.75) is 24.5 Å². The number of ether oxygens (including phenoxy) is 2. The number of amidine groups is 1. The van der Waals surface area contributed by atoms with E-state index in [4.69, 9.17) is 9.47 Å². The number of nitrogens with zero attached hydrogens (tertiary/aromatic N) is 2. The molecular weight excluding hydrogens is 342 g/mol. The maximum absolute atomic E-state index is 12.3. The monoisotopic (exact) mass is 363 g/mol. The number of benzene rings is 1. The zero-order valence-corrected chi connectivity index (χ0v) is 15.1. The van der Waals surface area contributed by atoms with Crippen molar-refractivity contribution in [1.82, 2.24) is 4.90 Å². The molecule has 25 heavy (non-hydrogen) atoms. The van der Waals surface area contributed by atoms with Crippen LogP contribution >= 0.6 is 11.8 Å². The Morgan fingerprint density at radius 3 is 2.76 bits per heavy atom.